The number of fused-ring (bicyclic) bond motifs is 1. The average Bonchev–Trinajstić information content (AvgIpc) is 3.43. The van der Waals surface area contributed by atoms with Crippen molar-refractivity contribution < 1.29 is 23.9 Å². The van der Waals surface area contributed by atoms with Crippen molar-refractivity contribution in [3.8, 4) is 11.4 Å². The highest BCUT2D eigenvalue weighted by Gasteiger charge is 2.47. The largest absolute Gasteiger partial charge is 0.387 e. The lowest BCUT2D eigenvalue weighted by atomic mass is 10.1. The molecule has 0 unspecified atom stereocenters. The van der Waals surface area contributed by atoms with Crippen molar-refractivity contribution in [1.29, 1.82) is 0 Å². The molecule has 1 aliphatic heterocycles. The van der Waals surface area contributed by atoms with Gasteiger partial charge >= 0.3 is 0 Å². The van der Waals surface area contributed by atoms with E-state index in [0.717, 1.165) is 5.56 Å². The van der Waals surface area contributed by atoms with Crippen LogP contribution in [0.25, 0.3) is 22.6 Å². The standard InChI is InChI=1S/C23H21Cl2N7O4/c1-26-22(35)18-16(33)17(34)23(36-18)32-10-29-15-20(28-7-11-2-4-13(24)5-3-11)30-19(31-21(15)32)12-6-14(25)9-27-8-12/h2-6,8-10,16-18,23,33-34H,7H2,1H3,(H,26,35)(H,28,30,31)/t16-,17+,18-,23+/m0/s1/i1D3. The van der Waals surface area contributed by atoms with E-state index in [1.807, 2.05) is 12.1 Å². The minimum absolute atomic E-state index is 0.201. The highest BCUT2D eigenvalue weighted by Crippen LogP contribution is 2.34. The van der Waals surface area contributed by atoms with Crippen LogP contribution in [0.5, 0.6) is 0 Å². The molecule has 4 atom stereocenters. The Morgan fingerprint density at radius 1 is 1.17 bits per heavy atom. The van der Waals surface area contributed by atoms with Crippen LogP contribution in [0.2, 0.25) is 10.0 Å². The molecule has 0 bridgehead atoms. The number of aliphatic hydroxyl groups excluding tert-OH is 2. The Bertz CT molecular complexity index is 1520. The maximum atomic E-state index is 12.4. The lowest BCUT2D eigenvalue weighted by Crippen LogP contribution is -2.41. The monoisotopic (exact) mass is 532 g/mol. The number of carbonyl (C=O) groups is 1. The molecule has 4 aromatic rings. The molecule has 1 amide bonds. The fourth-order valence-corrected chi connectivity index (χ4v) is 4.15. The van der Waals surface area contributed by atoms with Gasteiger partial charge in [0.2, 0.25) is 0 Å². The number of hydrogen-bond donors (Lipinski definition) is 4. The summed E-state index contributed by atoms with van der Waals surface area (Å²) in [6.07, 6.45) is -1.98. The number of carbonyl (C=O) groups excluding carboxylic acids is 1. The first-order valence-electron chi connectivity index (χ1n) is 12.2. The van der Waals surface area contributed by atoms with Crippen molar-refractivity contribution in [2.24, 2.45) is 0 Å². The highest BCUT2D eigenvalue weighted by atomic mass is 35.5. The van der Waals surface area contributed by atoms with Crippen LogP contribution in [0.15, 0.2) is 49.1 Å². The summed E-state index contributed by atoms with van der Waals surface area (Å²) < 4.78 is 28.7. The predicted molar refractivity (Wildman–Crippen MR) is 132 cm³/mol. The summed E-state index contributed by atoms with van der Waals surface area (Å²) in [7, 11) is 0. The number of aliphatic hydroxyl groups is 2. The second-order valence-electron chi connectivity index (χ2n) is 8.01. The minimum Gasteiger partial charge on any atom is -0.387 e. The Balaban J connectivity index is 1.53. The zero-order valence-electron chi connectivity index (χ0n) is 21.3. The normalized spacial score (nSPS) is 23.2. The summed E-state index contributed by atoms with van der Waals surface area (Å²) >= 11 is 12.1. The van der Waals surface area contributed by atoms with Crippen LogP contribution in [-0.4, -0.2) is 65.9 Å². The van der Waals surface area contributed by atoms with Gasteiger partial charge in [-0.15, -0.1) is 0 Å². The quantitative estimate of drug-likeness (QED) is 0.293. The molecular formula is C23H21Cl2N7O4. The Morgan fingerprint density at radius 3 is 2.72 bits per heavy atom. The molecule has 11 nitrogen and oxygen atoms in total. The number of rotatable bonds is 6. The van der Waals surface area contributed by atoms with Gasteiger partial charge in [0.25, 0.3) is 5.91 Å². The lowest BCUT2D eigenvalue weighted by molar-refractivity contribution is -0.137. The number of ether oxygens (including phenoxy) is 1. The van der Waals surface area contributed by atoms with E-state index in [4.69, 9.17) is 32.1 Å². The number of halogens is 2. The zero-order chi connectivity index (χ0) is 27.9. The van der Waals surface area contributed by atoms with E-state index in [-0.39, 0.29) is 11.5 Å². The number of imidazole rings is 1. The summed E-state index contributed by atoms with van der Waals surface area (Å²) in [5.41, 5.74) is 1.92. The van der Waals surface area contributed by atoms with E-state index in [2.05, 4.69) is 25.3 Å². The van der Waals surface area contributed by atoms with Crippen molar-refractivity contribution in [3.05, 3.63) is 64.7 Å². The molecule has 1 fully saturated rings. The molecule has 13 heteroatoms. The van der Waals surface area contributed by atoms with Crippen LogP contribution in [-0.2, 0) is 16.1 Å². The maximum absolute atomic E-state index is 12.4. The molecular weight excluding hydrogens is 509 g/mol. The molecule has 4 heterocycles. The van der Waals surface area contributed by atoms with Crippen molar-refractivity contribution in [3.63, 3.8) is 0 Å². The first kappa shape index (κ1) is 20.8. The maximum Gasteiger partial charge on any atom is 0.251 e. The second kappa shape index (κ2) is 9.96. The van der Waals surface area contributed by atoms with Crippen molar-refractivity contribution in [2.75, 3.05) is 12.3 Å². The summed E-state index contributed by atoms with van der Waals surface area (Å²) in [5.74, 6) is -0.532. The molecule has 5 rings (SSSR count). The van der Waals surface area contributed by atoms with Crippen molar-refractivity contribution in [1.82, 2.24) is 29.8 Å². The number of hydrogen-bond acceptors (Lipinski definition) is 9. The number of nitrogens with one attached hydrogen (secondary N) is 2. The van der Waals surface area contributed by atoms with E-state index in [0.29, 0.717) is 33.5 Å². The molecule has 186 valence electrons. The molecule has 0 spiro atoms. The number of benzene rings is 1. The Hall–Kier alpha value is -3.35. The lowest BCUT2D eigenvalue weighted by Gasteiger charge is -2.17. The van der Waals surface area contributed by atoms with Gasteiger partial charge in [-0.25, -0.2) is 15.0 Å². The van der Waals surface area contributed by atoms with Crippen molar-refractivity contribution in [2.45, 2.75) is 31.1 Å². The summed E-state index contributed by atoms with van der Waals surface area (Å²) in [6.45, 7) is -2.44. The van der Waals surface area contributed by atoms with E-state index < -0.39 is 37.4 Å². The average molecular weight is 533 g/mol. The summed E-state index contributed by atoms with van der Waals surface area (Å²) in [4.78, 5) is 30.0. The first-order chi connectivity index (χ1) is 18.5. The van der Waals surface area contributed by atoms with Gasteiger partial charge in [0.05, 0.1) is 11.3 Å². The third-order valence-corrected chi connectivity index (χ3v) is 6.11. The smallest absolute Gasteiger partial charge is 0.251 e. The van der Waals surface area contributed by atoms with Gasteiger partial charge in [-0.05, 0) is 23.8 Å². The number of likely N-dealkylation sites (N-methyl/N-ethyl adjacent to an activating group) is 1. The molecule has 0 saturated carbocycles. The van der Waals surface area contributed by atoms with Crippen LogP contribution >= 0.6 is 23.2 Å². The Labute approximate surface area is 219 Å². The van der Waals surface area contributed by atoms with E-state index in [1.54, 1.807) is 23.5 Å². The topological polar surface area (TPSA) is 147 Å². The van der Waals surface area contributed by atoms with E-state index in [1.165, 1.54) is 23.3 Å². The van der Waals surface area contributed by atoms with Crippen molar-refractivity contribution >= 4 is 46.1 Å². The van der Waals surface area contributed by atoms with Crippen LogP contribution in [0.4, 0.5) is 5.82 Å². The molecule has 0 radical (unpaired) electrons. The van der Waals surface area contributed by atoms with Gasteiger partial charge in [-0.3, -0.25) is 14.3 Å². The second-order valence-corrected chi connectivity index (χ2v) is 8.88. The number of anilines is 1. The molecule has 1 aromatic carbocycles. The number of aromatic nitrogens is 5. The fraction of sp³-hybridized carbons (Fsp3) is 0.261. The third kappa shape index (κ3) is 4.59. The SMILES string of the molecule is [2H]C([2H])([2H])NC(=O)[C@H]1O[C@@H](n2cnc3c(NCc4ccc(Cl)cc4)nc(-c4cncc(Cl)c4)nc32)[C@H](O)[C@@H]1O. The molecule has 36 heavy (non-hydrogen) atoms. The highest BCUT2D eigenvalue weighted by molar-refractivity contribution is 6.30. The molecule has 4 N–H and O–H groups in total. The van der Waals surface area contributed by atoms with Gasteiger partial charge < -0.3 is 25.6 Å². The Morgan fingerprint density at radius 2 is 1.97 bits per heavy atom. The fourth-order valence-electron chi connectivity index (χ4n) is 3.85. The number of nitrogens with zero attached hydrogens (tertiary/aromatic N) is 5. The van der Waals surface area contributed by atoms with Gasteiger partial charge in [0.1, 0.15) is 12.2 Å². The van der Waals surface area contributed by atoms with Crippen LogP contribution < -0.4 is 10.6 Å². The van der Waals surface area contributed by atoms with Gasteiger partial charge in [-0.1, -0.05) is 35.3 Å². The zero-order valence-corrected chi connectivity index (χ0v) is 19.9. The third-order valence-electron chi connectivity index (χ3n) is 5.65. The molecule has 3 aromatic heterocycles. The summed E-state index contributed by atoms with van der Waals surface area (Å²) in [6, 6.07) is 8.84. The summed E-state index contributed by atoms with van der Waals surface area (Å²) in [5, 5.41) is 27.2. The van der Waals surface area contributed by atoms with Gasteiger partial charge in [0.15, 0.2) is 35.1 Å². The van der Waals surface area contributed by atoms with Crippen LogP contribution in [0, 0.1) is 0 Å². The molecule has 1 saturated heterocycles. The number of pyridine rings is 1. The predicted octanol–water partition coefficient (Wildman–Crippen LogP) is 2.17. The van der Waals surface area contributed by atoms with Crippen LogP contribution in [0.3, 0.4) is 0 Å². The molecule has 1 aliphatic rings. The Kier molecular flexibility index (Phi) is 5.75. The van der Waals surface area contributed by atoms with E-state index >= 15 is 0 Å². The van der Waals surface area contributed by atoms with Crippen LogP contribution in [0.1, 0.15) is 15.9 Å². The minimum atomic E-state index is -2.80. The van der Waals surface area contributed by atoms with Gasteiger partial charge in [-0.2, -0.15) is 0 Å². The van der Waals surface area contributed by atoms with E-state index in [9.17, 15) is 15.0 Å². The molecule has 0 aliphatic carbocycles. The number of amides is 1. The van der Waals surface area contributed by atoms with Gasteiger partial charge in [0, 0.05) is 40.6 Å². The first-order valence-corrected chi connectivity index (χ1v) is 11.4.